The molecule has 108 valence electrons. The molecule has 0 bridgehead atoms. The number of aryl methyl sites for hydroxylation is 1. The van der Waals surface area contributed by atoms with E-state index in [1.54, 1.807) is 0 Å². The minimum Gasteiger partial charge on any atom is -0.396 e. The Hall–Kier alpha value is -1.34. The molecule has 0 heterocycles. The van der Waals surface area contributed by atoms with Crippen molar-refractivity contribution in [3.8, 4) is 11.1 Å². The van der Waals surface area contributed by atoms with Gasteiger partial charge in [0.1, 0.15) is 0 Å². The SMILES string of the molecule is CCC(CO)Cc1ccc(C(C)C)cc2c(C)ccc1-2. The van der Waals surface area contributed by atoms with Gasteiger partial charge in [0.2, 0.25) is 0 Å². The maximum Gasteiger partial charge on any atom is 0.0462 e. The van der Waals surface area contributed by atoms with Crippen LogP contribution in [0.4, 0.5) is 0 Å². The molecule has 0 aliphatic heterocycles. The smallest absolute Gasteiger partial charge is 0.0462 e. The maximum absolute atomic E-state index is 9.47. The summed E-state index contributed by atoms with van der Waals surface area (Å²) in [6.45, 7) is 9.08. The van der Waals surface area contributed by atoms with Crippen molar-refractivity contribution in [1.82, 2.24) is 0 Å². The van der Waals surface area contributed by atoms with Crippen LogP contribution in [0.3, 0.4) is 0 Å². The van der Waals surface area contributed by atoms with E-state index in [0.717, 1.165) is 12.8 Å². The minimum absolute atomic E-state index is 0.271. The van der Waals surface area contributed by atoms with Crippen LogP contribution >= 0.6 is 0 Å². The number of rotatable bonds is 5. The number of fused-ring (bicyclic) bond motifs is 1. The van der Waals surface area contributed by atoms with Gasteiger partial charge in [-0.25, -0.2) is 0 Å². The molecule has 1 heteroatoms. The van der Waals surface area contributed by atoms with Gasteiger partial charge in [0.05, 0.1) is 0 Å². The highest BCUT2D eigenvalue weighted by Crippen LogP contribution is 2.33. The molecular weight excluding hydrogens is 244 g/mol. The molecule has 1 N–H and O–H groups in total. The molecule has 2 rings (SSSR count). The van der Waals surface area contributed by atoms with Crippen molar-refractivity contribution in [3.63, 3.8) is 0 Å². The molecule has 0 saturated carbocycles. The number of hydrogen-bond acceptors (Lipinski definition) is 1. The summed E-state index contributed by atoms with van der Waals surface area (Å²) in [6, 6.07) is 11.3. The van der Waals surface area contributed by atoms with E-state index >= 15 is 0 Å². The Balaban J connectivity index is 2.49. The number of hydrogen-bond donors (Lipinski definition) is 1. The van der Waals surface area contributed by atoms with Crippen molar-refractivity contribution in [3.05, 3.63) is 47.0 Å². The fourth-order valence-electron chi connectivity index (χ4n) is 2.76. The van der Waals surface area contributed by atoms with E-state index in [1.165, 1.54) is 27.8 Å². The Labute approximate surface area is 123 Å². The minimum atomic E-state index is 0.271. The topological polar surface area (TPSA) is 20.2 Å². The fraction of sp³-hybridized carbons (Fsp3) is 0.474. The summed E-state index contributed by atoms with van der Waals surface area (Å²) in [5.74, 6) is 0.894. The average molecular weight is 270 g/mol. The molecule has 0 amide bonds. The molecule has 0 aromatic carbocycles. The first-order valence-corrected chi connectivity index (χ1v) is 7.69. The van der Waals surface area contributed by atoms with Gasteiger partial charge in [0.25, 0.3) is 0 Å². The molecule has 0 fully saturated rings. The van der Waals surface area contributed by atoms with Crippen LogP contribution in [-0.2, 0) is 6.42 Å². The van der Waals surface area contributed by atoms with Crippen LogP contribution in [0, 0.1) is 12.8 Å². The summed E-state index contributed by atoms with van der Waals surface area (Å²) >= 11 is 0. The first-order chi connectivity index (χ1) is 9.56. The summed E-state index contributed by atoms with van der Waals surface area (Å²) in [5.41, 5.74) is 6.80. The average Bonchev–Trinajstić information content (AvgIpc) is 2.69. The molecular formula is C19H26O. The van der Waals surface area contributed by atoms with Crippen LogP contribution < -0.4 is 0 Å². The van der Waals surface area contributed by atoms with Crippen molar-refractivity contribution in [1.29, 1.82) is 0 Å². The summed E-state index contributed by atoms with van der Waals surface area (Å²) < 4.78 is 0. The van der Waals surface area contributed by atoms with Gasteiger partial charge in [-0.15, -0.1) is 0 Å². The lowest BCUT2D eigenvalue weighted by Crippen LogP contribution is -2.08. The molecule has 1 unspecified atom stereocenters. The highest BCUT2D eigenvalue weighted by atomic mass is 16.3. The van der Waals surface area contributed by atoms with Crippen LogP contribution in [0.2, 0.25) is 0 Å². The van der Waals surface area contributed by atoms with Gasteiger partial charge in [-0.1, -0.05) is 57.5 Å². The quantitative estimate of drug-likeness (QED) is 0.828. The van der Waals surface area contributed by atoms with Gasteiger partial charge in [0.15, 0.2) is 0 Å². The number of aliphatic hydroxyl groups is 1. The van der Waals surface area contributed by atoms with E-state index in [4.69, 9.17) is 0 Å². The Bertz CT molecular complexity index is 538. The third-order valence-corrected chi connectivity index (χ3v) is 4.36. The lowest BCUT2D eigenvalue weighted by atomic mass is 9.94. The van der Waals surface area contributed by atoms with E-state index < -0.39 is 0 Å². The van der Waals surface area contributed by atoms with Crippen LogP contribution in [0.5, 0.6) is 0 Å². The predicted molar refractivity (Wildman–Crippen MR) is 86.5 cm³/mol. The zero-order valence-corrected chi connectivity index (χ0v) is 13.1. The molecule has 2 aliphatic rings. The normalized spacial score (nSPS) is 13.1. The monoisotopic (exact) mass is 270 g/mol. The fourth-order valence-corrected chi connectivity index (χ4v) is 2.76. The zero-order valence-electron chi connectivity index (χ0n) is 13.1. The molecule has 1 nitrogen and oxygen atoms in total. The van der Waals surface area contributed by atoms with Crippen molar-refractivity contribution < 1.29 is 5.11 Å². The second-order valence-corrected chi connectivity index (χ2v) is 6.16. The second kappa shape index (κ2) is 6.41. The molecule has 0 radical (unpaired) electrons. The first kappa shape index (κ1) is 15.1. The van der Waals surface area contributed by atoms with Crippen molar-refractivity contribution in [2.45, 2.75) is 46.5 Å². The summed E-state index contributed by atoms with van der Waals surface area (Å²) in [6.07, 6.45) is 1.98. The van der Waals surface area contributed by atoms with Gasteiger partial charge in [-0.05, 0) is 53.0 Å². The Morgan fingerprint density at radius 1 is 1.05 bits per heavy atom. The van der Waals surface area contributed by atoms with Gasteiger partial charge in [-0.2, -0.15) is 0 Å². The molecule has 0 aromatic rings. The van der Waals surface area contributed by atoms with E-state index in [2.05, 4.69) is 58.0 Å². The lowest BCUT2D eigenvalue weighted by molar-refractivity contribution is 0.222. The van der Waals surface area contributed by atoms with Crippen molar-refractivity contribution in [2.75, 3.05) is 6.61 Å². The highest BCUT2D eigenvalue weighted by Gasteiger charge is 2.15. The molecule has 20 heavy (non-hydrogen) atoms. The van der Waals surface area contributed by atoms with Crippen LogP contribution in [-0.4, -0.2) is 11.7 Å². The third-order valence-electron chi connectivity index (χ3n) is 4.36. The molecule has 0 aromatic heterocycles. The molecule has 0 spiro atoms. The van der Waals surface area contributed by atoms with E-state index in [-0.39, 0.29) is 6.61 Å². The van der Waals surface area contributed by atoms with Gasteiger partial charge >= 0.3 is 0 Å². The van der Waals surface area contributed by atoms with Gasteiger partial charge in [0, 0.05) is 6.61 Å². The van der Waals surface area contributed by atoms with Crippen LogP contribution in [0.15, 0.2) is 30.3 Å². The Morgan fingerprint density at radius 2 is 1.80 bits per heavy atom. The predicted octanol–water partition coefficient (Wildman–Crippen LogP) is 4.78. The number of aliphatic hydroxyl groups excluding tert-OH is 1. The zero-order chi connectivity index (χ0) is 14.7. The van der Waals surface area contributed by atoms with E-state index in [9.17, 15) is 5.11 Å². The summed E-state index contributed by atoms with van der Waals surface area (Å²) in [5, 5.41) is 9.47. The standard InChI is InChI=1S/C19H26O/c1-5-15(12-20)10-17-8-7-16(13(2)3)11-19-14(4)6-9-18(17)19/h6-9,11,13,15,20H,5,10,12H2,1-4H3. The third kappa shape index (κ3) is 3.04. The molecule has 0 saturated heterocycles. The largest absolute Gasteiger partial charge is 0.396 e. The molecule has 2 aliphatic carbocycles. The summed E-state index contributed by atoms with van der Waals surface area (Å²) in [4.78, 5) is 0. The first-order valence-electron chi connectivity index (χ1n) is 7.69. The second-order valence-electron chi connectivity index (χ2n) is 6.16. The van der Waals surface area contributed by atoms with Crippen LogP contribution in [0.25, 0.3) is 11.1 Å². The van der Waals surface area contributed by atoms with Crippen molar-refractivity contribution in [2.24, 2.45) is 5.92 Å². The summed E-state index contributed by atoms with van der Waals surface area (Å²) in [7, 11) is 0. The van der Waals surface area contributed by atoms with E-state index in [0.29, 0.717) is 11.8 Å². The molecule has 1 atom stereocenters. The van der Waals surface area contributed by atoms with Gasteiger partial charge in [-0.3, -0.25) is 0 Å². The Morgan fingerprint density at radius 3 is 2.40 bits per heavy atom. The highest BCUT2D eigenvalue weighted by molar-refractivity contribution is 5.74. The maximum atomic E-state index is 9.47. The van der Waals surface area contributed by atoms with Crippen LogP contribution in [0.1, 0.15) is 49.8 Å². The lowest BCUT2D eigenvalue weighted by Gasteiger charge is -2.12. The van der Waals surface area contributed by atoms with Crippen molar-refractivity contribution >= 4 is 0 Å². The Kier molecular flexibility index (Phi) is 4.82. The van der Waals surface area contributed by atoms with E-state index in [1.807, 2.05) is 0 Å². The van der Waals surface area contributed by atoms with Gasteiger partial charge < -0.3 is 5.11 Å².